The van der Waals surface area contributed by atoms with Crippen molar-refractivity contribution >= 4 is 17.6 Å². The van der Waals surface area contributed by atoms with E-state index in [-0.39, 0.29) is 12.1 Å². The first kappa shape index (κ1) is 15.8. The van der Waals surface area contributed by atoms with Gasteiger partial charge in [-0.15, -0.1) is 11.6 Å². The number of carbonyl (C=O) groups excluding carboxylic acids is 1. The van der Waals surface area contributed by atoms with E-state index in [4.69, 9.17) is 16.3 Å². The minimum Gasteiger partial charge on any atom is -0.463 e. The number of ether oxygens (including phenoxy) is 1. The van der Waals surface area contributed by atoms with Crippen LogP contribution in [-0.2, 0) is 9.53 Å². The molecule has 1 atom stereocenters. The van der Waals surface area contributed by atoms with Gasteiger partial charge in [-0.2, -0.15) is 0 Å². The molecule has 16 heavy (non-hydrogen) atoms. The lowest BCUT2D eigenvalue weighted by molar-refractivity contribution is -0.147. The maximum Gasteiger partial charge on any atom is 0.302 e. The third-order valence-electron chi connectivity index (χ3n) is 2.45. The largest absolute Gasteiger partial charge is 0.463 e. The third kappa shape index (κ3) is 10.3. The predicted molar refractivity (Wildman–Crippen MR) is 68.8 cm³/mol. The fraction of sp³-hybridized carbons (Fsp3) is 0.923. The standard InChI is InChI=1S/C13H25ClO2/c1-11(15)16-12(8-6-10-14)7-5-9-13(2,3)4/h12H,5-10H2,1-4H3. The van der Waals surface area contributed by atoms with Crippen molar-refractivity contribution in [3.05, 3.63) is 0 Å². The van der Waals surface area contributed by atoms with Crippen LogP contribution in [-0.4, -0.2) is 18.0 Å². The summed E-state index contributed by atoms with van der Waals surface area (Å²) in [5, 5.41) is 0. The van der Waals surface area contributed by atoms with E-state index in [1.54, 1.807) is 0 Å². The molecular formula is C13H25ClO2. The van der Waals surface area contributed by atoms with E-state index in [1.807, 2.05) is 0 Å². The Morgan fingerprint density at radius 1 is 1.25 bits per heavy atom. The van der Waals surface area contributed by atoms with Crippen LogP contribution >= 0.6 is 11.6 Å². The highest BCUT2D eigenvalue weighted by Gasteiger charge is 2.14. The molecule has 0 spiro atoms. The van der Waals surface area contributed by atoms with Gasteiger partial charge >= 0.3 is 5.97 Å². The summed E-state index contributed by atoms with van der Waals surface area (Å²) in [6, 6.07) is 0. The number of esters is 1. The highest BCUT2D eigenvalue weighted by atomic mass is 35.5. The molecule has 2 nitrogen and oxygen atoms in total. The van der Waals surface area contributed by atoms with E-state index in [1.165, 1.54) is 6.92 Å². The molecule has 0 aliphatic carbocycles. The van der Waals surface area contributed by atoms with E-state index in [9.17, 15) is 4.79 Å². The molecule has 0 saturated heterocycles. The number of hydrogen-bond donors (Lipinski definition) is 0. The fourth-order valence-electron chi connectivity index (χ4n) is 1.66. The Labute approximate surface area is 105 Å². The zero-order valence-electron chi connectivity index (χ0n) is 11.0. The van der Waals surface area contributed by atoms with Gasteiger partial charge in [-0.25, -0.2) is 0 Å². The van der Waals surface area contributed by atoms with E-state index in [0.29, 0.717) is 11.3 Å². The van der Waals surface area contributed by atoms with Crippen molar-refractivity contribution < 1.29 is 9.53 Å². The zero-order valence-corrected chi connectivity index (χ0v) is 11.8. The quantitative estimate of drug-likeness (QED) is 0.500. The van der Waals surface area contributed by atoms with Crippen molar-refractivity contribution in [1.29, 1.82) is 0 Å². The topological polar surface area (TPSA) is 26.3 Å². The Hall–Kier alpha value is -0.240. The predicted octanol–water partition coefficient (Wildman–Crippen LogP) is 4.15. The molecule has 1 unspecified atom stereocenters. The van der Waals surface area contributed by atoms with E-state index >= 15 is 0 Å². The van der Waals surface area contributed by atoms with Crippen molar-refractivity contribution in [2.75, 3.05) is 5.88 Å². The van der Waals surface area contributed by atoms with Gasteiger partial charge in [0.15, 0.2) is 0 Å². The van der Waals surface area contributed by atoms with E-state index < -0.39 is 0 Å². The maximum atomic E-state index is 10.9. The SMILES string of the molecule is CC(=O)OC(CCCCl)CCCC(C)(C)C. The molecule has 0 heterocycles. The molecule has 0 aromatic carbocycles. The molecule has 0 aliphatic heterocycles. The Kier molecular flexibility index (Phi) is 7.82. The number of halogens is 1. The maximum absolute atomic E-state index is 10.9. The molecule has 0 aliphatic rings. The highest BCUT2D eigenvalue weighted by Crippen LogP contribution is 2.23. The smallest absolute Gasteiger partial charge is 0.302 e. The summed E-state index contributed by atoms with van der Waals surface area (Å²) < 4.78 is 5.27. The minimum absolute atomic E-state index is 0.0543. The van der Waals surface area contributed by atoms with Crippen LogP contribution in [0.3, 0.4) is 0 Å². The summed E-state index contributed by atoms with van der Waals surface area (Å²) in [4.78, 5) is 10.9. The van der Waals surface area contributed by atoms with Crippen LogP contribution in [0.1, 0.15) is 59.8 Å². The first-order valence-electron chi connectivity index (χ1n) is 6.08. The number of alkyl halides is 1. The third-order valence-corrected chi connectivity index (χ3v) is 2.71. The first-order chi connectivity index (χ1) is 7.35. The van der Waals surface area contributed by atoms with Gasteiger partial charge in [0.2, 0.25) is 0 Å². The van der Waals surface area contributed by atoms with Crippen LogP contribution in [0.15, 0.2) is 0 Å². The van der Waals surface area contributed by atoms with Crippen molar-refractivity contribution in [2.24, 2.45) is 5.41 Å². The summed E-state index contributed by atoms with van der Waals surface area (Å²) in [6.07, 6.45) is 5.06. The number of carbonyl (C=O) groups is 1. The molecule has 0 aromatic heterocycles. The Balaban J connectivity index is 3.86. The Morgan fingerprint density at radius 2 is 1.81 bits per heavy atom. The fourth-order valence-corrected chi connectivity index (χ4v) is 1.82. The van der Waals surface area contributed by atoms with Gasteiger partial charge in [0.05, 0.1) is 0 Å². The summed E-state index contributed by atoms with van der Waals surface area (Å²) in [7, 11) is 0. The highest BCUT2D eigenvalue weighted by molar-refractivity contribution is 6.17. The lowest BCUT2D eigenvalue weighted by Crippen LogP contribution is -2.17. The molecular weight excluding hydrogens is 224 g/mol. The molecule has 0 N–H and O–H groups in total. The van der Waals surface area contributed by atoms with Crippen LogP contribution in [0.2, 0.25) is 0 Å². The van der Waals surface area contributed by atoms with Crippen LogP contribution in [0.5, 0.6) is 0 Å². The van der Waals surface area contributed by atoms with E-state index in [0.717, 1.165) is 32.1 Å². The summed E-state index contributed by atoms with van der Waals surface area (Å²) in [5.74, 6) is 0.451. The Bertz CT molecular complexity index is 197. The van der Waals surface area contributed by atoms with Gasteiger partial charge in [0.25, 0.3) is 0 Å². The normalized spacial score (nSPS) is 13.6. The van der Waals surface area contributed by atoms with Crippen molar-refractivity contribution in [1.82, 2.24) is 0 Å². The monoisotopic (exact) mass is 248 g/mol. The van der Waals surface area contributed by atoms with Gasteiger partial charge in [-0.1, -0.05) is 20.8 Å². The van der Waals surface area contributed by atoms with Crippen LogP contribution in [0.25, 0.3) is 0 Å². The second-order valence-electron chi connectivity index (χ2n) is 5.52. The van der Waals surface area contributed by atoms with Crippen LogP contribution in [0, 0.1) is 5.41 Å². The molecule has 3 heteroatoms. The molecule has 96 valence electrons. The van der Waals surface area contributed by atoms with Gasteiger partial charge in [0, 0.05) is 12.8 Å². The second-order valence-corrected chi connectivity index (χ2v) is 5.89. The van der Waals surface area contributed by atoms with Gasteiger partial charge in [-0.3, -0.25) is 4.79 Å². The summed E-state index contributed by atoms with van der Waals surface area (Å²) in [6.45, 7) is 8.16. The molecule has 0 fully saturated rings. The molecule has 0 saturated carbocycles. The lowest BCUT2D eigenvalue weighted by atomic mass is 9.89. The minimum atomic E-state index is -0.185. The number of hydrogen-bond acceptors (Lipinski definition) is 2. The average Bonchev–Trinajstić information content (AvgIpc) is 2.11. The lowest BCUT2D eigenvalue weighted by Gasteiger charge is -2.21. The van der Waals surface area contributed by atoms with Crippen molar-refractivity contribution in [3.8, 4) is 0 Å². The second kappa shape index (κ2) is 7.94. The zero-order chi connectivity index (χ0) is 12.6. The summed E-state index contributed by atoms with van der Waals surface area (Å²) in [5.41, 5.74) is 0.354. The average molecular weight is 249 g/mol. The first-order valence-corrected chi connectivity index (χ1v) is 6.62. The number of rotatable bonds is 7. The summed E-state index contributed by atoms with van der Waals surface area (Å²) >= 11 is 5.65. The molecule has 0 bridgehead atoms. The van der Waals surface area contributed by atoms with Gasteiger partial charge in [-0.05, 0) is 37.5 Å². The van der Waals surface area contributed by atoms with Crippen molar-refractivity contribution in [2.45, 2.75) is 65.9 Å². The molecule has 0 rings (SSSR count). The van der Waals surface area contributed by atoms with Crippen molar-refractivity contribution in [3.63, 3.8) is 0 Å². The Morgan fingerprint density at radius 3 is 2.25 bits per heavy atom. The van der Waals surface area contributed by atoms with Crippen LogP contribution < -0.4 is 0 Å². The van der Waals surface area contributed by atoms with E-state index in [2.05, 4.69) is 20.8 Å². The molecule has 0 radical (unpaired) electrons. The molecule has 0 aromatic rings. The van der Waals surface area contributed by atoms with Gasteiger partial charge in [0.1, 0.15) is 6.10 Å². The van der Waals surface area contributed by atoms with Gasteiger partial charge < -0.3 is 4.74 Å². The molecule has 0 amide bonds. The van der Waals surface area contributed by atoms with Crippen LogP contribution in [0.4, 0.5) is 0 Å².